The second-order valence-electron chi connectivity index (χ2n) is 9.31. The highest BCUT2D eigenvalue weighted by atomic mass is 32.1. The van der Waals surface area contributed by atoms with Crippen molar-refractivity contribution in [2.75, 3.05) is 13.1 Å². The second-order valence-corrected chi connectivity index (χ2v) is 10.3. The molecule has 5 nitrogen and oxygen atoms in total. The second kappa shape index (κ2) is 7.11. The third-order valence-corrected chi connectivity index (χ3v) is 7.97. The molecule has 0 bridgehead atoms. The summed E-state index contributed by atoms with van der Waals surface area (Å²) in [6.45, 7) is 1.44. The van der Waals surface area contributed by atoms with E-state index in [0.717, 1.165) is 11.3 Å². The van der Waals surface area contributed by atoms with Gasteiger partial charge in [-0.25, -0.2) is 23.1 Å². The summed E-state index contributed by atoms with van der Waals surface area (Å²) in [4.78, 5) is 22.8. The number of hydrogen-bond acceptors (Lipinski definition) is 5. The Hall–Kier alpha value is -2.78. The van der Waals surface area contributed by atoms with E-state index in [1.54, 1.807) is 6.07 Å². The summed E-state index contributed by atoms with van der Waals surface area (Å²) in [5.74, 6) is -4.25. The minimum Gasteiger partial charge on any atom is -0.481 e. The van der Waals surface area contributed by atoms with Crippen molar-refractivity contribution in [3.8, 4) is 10.6 Å². The molecule has 1 N–H and O–H groups in total. The highest BCUT2D eigenvalue weighted by Gasteiger charge is 2.57. The summed E-state index contributed by atoms with van der Waals surface area (Å²) < 4.78 is 41.7. The number of hydrogen-bond donors (Lipinski definition) is 1. The van der Waals surface area contributed by atoms with Crippen LogP contribution in [0.4, 0.5) is 13.2 Å². The topological polar surface area (TPSA) is 66.3 Å². The largest absolute Gasteiger partial charge is 0.481 e. The standard InChI is InChI=1S/C24H20F3N3O2S/c25-17-7-13(10-30-11-14(12-30)22(31)32)1-2-16(17)20-28-18-3-4-19(29-21(18)33-20)23(5-6-23)15-8-24(26,27)9-15/h1-7,14-15H,8-12H2,(H,31,32). The molecule has 0 radical (unpaired) electrons. The maximum Gasteiger partial charge on any atom is 0.309 e. The molecule has 1 saturated carbocycles. The number of aromatic nitrogens is 2. The third kappa shape index (κ3) is 3.54. The number of nitrogens with zero attached hydrogens (tertiary/aromatic N) is 3. The van der Waals surface area contributed by atoms with Gasteiger partial charge in [-0.15, -0.1) is 0 Å². The first kappa shape index (κ1) is 20.8. The van der Waals surface area contributed by atoms with E-state index in [1.165, 1.54) is 17.4 Å². The predicted octanol–water partition coefficient (Wildman–Crippen LogP) is 4.87. The highest BCUT2D eigenvalue weighted by Crippen LogP contribution is 2.58. The van der Waals surface area contributed by atoms with Crippen molar-refractivity contribution >= 4 is 27.7 Å². The molecule has 2 aliphatic carbocycles. The number of carboxylic acids is 1. The molecule has 3 aliphatic rings. The first-order valence-corrected chi connectivity index (χ1v) is 11.6. The molecule has 9 heteroatoms. The summed E-state index contributed by atoms with van der Waals surface area (Å²) in [7, 11) is 0. The van der Waals surface area contributed by atoms with Gasteiger partial charge in [-0.1, -0.05) is 29.6 Å². The molecule has 0 atom stereocenters. The monoisotopic (exact) mass is 471 g/mol. The normalized spacial score (nSPS) is 21.7. The smallest absolute Gasteiger partial charge is 0.309 e. The Kier molecular flexibility index (Phi) is 4.48. The van der Waals surface area contributed by atoms with E-state index in [-0.39, 0.29) is 30.5 Å². The van der Waals surface area contributed by atoms with Gasteiger partial charge in [-0.2, -0.15) is 0 Å². The number of rotatable bonds is 6. The zero-order chi connectivity index (χ0) is 23.0. The Labute approximate surface area is 191 Å². The first-order chi connectivity index (χ1) is 15.7. The van der Waals surface area contributed by atoms with E-state index in [1.807, 2.05) is 35.3 Å². The molecular formula is C24H20F3N3O2S. The Morgan fingerprint density at radius 3 is 2.55 bits per heavy atom. The Balaban J connectivity index is 1.21. The lowest BCUT2D eigenvalue weighted by atomic mass is 9.68. The van der Waals surface area contributed by atoms with Crippen molar-refractivity contribution in [1.29, 1.82) is 0 Å². The van der Waals surface area contributed by atoms with E-state index < -0.39 is 17.3 Å². The van der Waals surface area contributed by atoms with Crippen molar-refractivity contribution in [2.45, 2.75) is 30.7 Å². The van der Waals surface area contributed by atoms with Crippen LogP contribution in [0.15, 0.2) is 42.5 Å². The molecule has 2 fully saturated rings. The summed E-state index contributed by atoms with van der Waals surface area (Å²) in [6.07, 6.45) is 3.63. The Morgan fingerprint density at radius 2 is 1.91 bits per heavy atom. The van der Waals surface area contributed by atoms with Gasteiger partial charge in [-0.05, 0) is 35.7 Å². The van der Waals surface area contributed by atoms with Crippen LogP contribution in [0.2, 0.25) is 0 Å². The fourth-order valence-electron chi connectivity index (χ4n) is 4.86. The number of aliphatic carboxylic acids is 1. The van der Waals surface area contributed by atoms with Crippen LogP contribution in [0.25, 0.3) is 20.9 Å². The number of thiazole rings is 1. The summed E-state index contributed by atoms with van der Waals surface area (Å²) in [5.41, 5.74) is 2.07. The number of alkyl halides is 2. The van der Waals surface area contributed by atoms with Gasteiger partial charge in [0.25, 0.3) is 0 Å². The molecule has 6 rings (SSSR count). The molecule has 3 heterocycles. The average Bonchev–Trinajstić information content (AvgIpc) is 3.40. The molecule has 2 aromatic heterocycles. The Bertz CT molecular complexity index is 1300. The molecule has 1 aliphatic heterocycles. The maximum atomic E-state index is 14.9. The van der Waals surface area contributed by atoms with E-state index in [2.05, 4.69) is 4.98 Å². The molecule has 170 valence electrons. The molecule has 1 aromatic carbocycles. The molecule has 1 saturated heterocycles. The fourth-order valence-corrected chi connectivity index (χ4v) is 5.82. The van der Waals surface area contributed by atoms with Crippen molar-refractivity contribution < 1.29 is 23.1 Å². The number of fused-ring (bicyclic) bond motifs is 1. The van der Waals surface area contributed by atoms with Gasteiger partial charge in [0.15, 0.2) is 0 Å². The minimum atomic E-state index is -2.58. The number of carbonyl (C=O) groups is 1. The van der Waals surface area contributed by atoms with Crippen molar-refractivity contribution in [1.82, 2.24) is 14.9 Å². The number of allylic oxidation sites excluding steroid dienone is 2. The third-order valence-electron chi connectivity index (χ3n) is 6.97. The zero-order valence-electron chi connectivity index (χ0n) is 17.5. The Morgan fingerprint density at radius 1 is 1.15 bits per heavy atom. The van der Waals surface area contributed by atoms with Crippen LogP contribution in [-0.2, 0) is 16.8 Å². The molecule has 33 heavy (non-hydrogen) atoms. The SMILES string of the molecule is O=C(O)C1CN(Cc2ccc(-c3nc4ccc(C5(C6CC(F)(F)C6)C=C5)nc4s3)c(F)c2)C1. The van der Waals surface area contributed by atoms with Crippen LogP contribution < -0.4 is 0 Å². The van der Waals surface area contributed by atoms with Crippen molar-refractivity contribution in [2.24, 2.45) is 11.8 Å². The summed E-state index contributed by atoms with van der Waals surface area (Å²) >= 11 is 1.28. The van der Waals surface area contributed by atoms with Gasteiger partial charge in [0, 0.05) is 38.0 Å². The van der Waals surface area contributed by atoms with Gasteiger partial charge in [0.1, 0.15) is 21.2 Å². The van der Waals surface area contributed by atoms with Gasteiger partial charge < -0.3 is 5.11 Å². The van der Waals surface area contributed by atoms with Gasteiger partial charge in [0.2, 0.25) is 5.92 Å². The lowest BCUT2D eigenvalue weighted by molar-refractivity contribution is -0.147. The molecule has 0 spiro atoms. The highest BCUT2D eigenvalue weighted by molar-refractivity contribution is 7.21. The molecule has 0 amide bonds. The summed E-state index contributed by atoms with van der Waals surface area (Å²) in [5, 5.41) is 9.50. The number of pyridine rings is 1. The predicted molar refractivity (Wildman–Crippen MR) is 118 cm³/mol. The van der Waals surface area contributed by atoms with E-state index in [4.69, 9.17) is 10.1 Å². The number of carboxylic acid groups (broad SMARTS) is 1. The van der Waals surface area contributed by atoms with Crippen LogP contribution in [0, 0.1) is 17.7 Å². The molecule has 3 aromatic rings. The van der Waals surface area contributed by atoms with Crippen molar-refractivity contribution in [3.63, 3.8) is 0 Å². The first-order valence-electron chi connectivity index (χ1n) is 10.8. The lowest BCUT2D eigenvalue weighted by Gasteiger charge is -2.40. The zero-order valence-corrected chi connectivity index (χ0v) is 18.3. The van der Waals surface area contributed by atoms with Gasteiger partial charge >= 0.3 is 5.97 Å². The van der Waals surface area contributed by atoms with Crippen LogP contribution in [-0.4, -0.2) is 45.0 Å². The van der Waals surface area contributed by atoms with Crippen LogP contribution in [0.1, 0.15) is 24.1 Å². The van der Waals surface area contributed by atoms with E-state index in [9.17, 15) is 18.0 Å². The summed E-state index contributed by atoms with van der Waals surface area (Å²) in [6, 6.07) is 8.65. The molecule has 0 unspecified atom stereocenters. The quantitative estimate of drug-likeness (QED) is 0.520. The van der Waals surface area contributed by atoms with Crippen LogP contribution >= 0.6 is 11.3 Å². The van der Waals surface area contributed by atoms with Crippen molar-refractivity contribution in [3.05, 3.63) is 59.6 Å². The van der Waals surface area contributed by atoms with E-state index >= 15 is 0 Å². The lowest BCUT2D eigenvalue weighted by Crippen LogP contribution is -2.49. The van der Waals surface area contributed by atoms with E-state index in [0.29, 0.717) is 40.6 Å². The molecular weight excluding hydrogens is 451 g/mol. The number of likely N-dealkylation sites (tertiary alicyclic amines) is 1. The minimum absolute atomic E-state index is 0.125. The maximum absolute atomic E-state index is 14.9. The van der Waals surface area contributed by atoms with Gasteiger partial charge in [-0.3, -0.25) is 9.69 Å². The van der Waals surface area contributed by atoms with Crippen LogP contribution in [0.5, 0.6) is 0 Å². The number of halogens is 3. The number of benzene rings is 1. The van der Waals surface area contributed by atoms with Crippen LogP contribution in [0.3, 0.4) is 0 Å². The van der Waals surface area contributed by atoms with Gasteiger partial charge in [0.05, 0.1) is 17.0 Å². The fraction of sp³-hybridized carbons (Fsp3) is 0.375. The average molecular weight is 472 g/mol.